The smallest absolute Gasteiger partial charge is 0.311 e. The van der Waals surface area contributed by atoms with E-state index in [4.69, 9.17) is 4.74 Å². The lowest BCUT2D eigenvalue weighted by molar-refractivity contribution is -0.154. The largest absolute Gasteiger partial charge is 0.481 e. The second-order valence-corrected chi connectivity index (χ2v) is 6.00. The van der Waals surface area contributed by atoms with E-state index in [9.17, 15) is 19.5 Å². The number of hydrogen-bond acceptors (Lipinski definition) is 5. The number of nitrogens with zero attached hydrogens (tertiary/aromatic N) is 1. The molecule has 0 aliphatic carbocycles. The molecule has 0 saturated carbocycles. The molecule has 0 aromatic rings. The Labute approximate surface area is 121 Å². The summed E-state index contributed by atoms with van der Waals surface area (Å²) in [6.07, 6.45) is 0.780. The molecule has 2 aliphatic rings. The van der Waals surface area contributed by atoms with Crippen molar-refractivity contribution >= 4 is 29.5 Å². The van der Waals surface area contributed by atoms with Gasteiger partial charge in [-0.2, -0.15) is 0 Å². The van der Waals surface area contributed by atoms with Crippen LogP contribution in [0.15, 0.2) is 0 Å². The van der Waals surface area contributed by atoms with E-state index in [0.29, 0.717) is 37.7 Å². The zero-order chi connectivity index (χ0) is 14.6. The number of nitrogens with one attached hydrogen (secondary N) is 1. The molecule has 0 radical (unpaired) electrons. The third kappa shape index (κ3) is 3.43. The Morgan fingerprint density at radius 2 is 2.10 bits per heavy atom. The van der Waals surface area contributed by atoms with Gasteiger partial charge in [0.1, 0.15) is 6.54 Å². The predicted octanol–water partition coefficient (Wildman–Crippen LogP) is -0.483. The summed E-state index contributed by atoms with van der Waals surface area (Å²) < 4.78 is 5.17. The molecule has 2 amide bonds. The highest BCUT2D eigenvalue weighted by atomic mass is 32.2. The summed E-state index contributed by atoms with van der Waals surface area (Å²) in [6, 6.07) is 0. The molecule has 0 spiro atoms. The van der Waals surface area contributed by atoms with Gasteiger partial charge in [-0.3, -0.25) is 14.4 Å². The van der Waals surface area contributed by atoms with Crippen LogP contribution in [0.3, 0.4) is 0 Å². The number of ether oxygens (including phenoxy) is 1. The molecular formula is C12H18N2O5S. The second kappa shape index (κ2) is 6.45. The Morgan fingerprint density at radius 1 is 1.40 bits per heavy atom. The second-order valence-electron chi connectivity index (χ2n) is 5.04. The van der Waals surface area contributed by atoms with Crippen LogP contribution in [-0.2, 0) is 19.1 Å². The van der Waals surface area contributed by atoms with E-state index in [1.807, 2.05) is 0 Å². The zero-order valence-corrected chi connectivity index (χ0v) is 11.9. The average Bonchev–Trinajstić information content (AvgIpc) is 2.83. The summed E-state index contributed by atoms with van der Waals surface area (Å²) in [6.45, 7) is 0.866. The summed E-state index contributed by atoms with van der Waals surface area (Å²) >= 11 is 1.47. The van der Waals surface area contributed by atoms with Crippen LogP contribution in [0, 0.1) is 5.41 Å². The highest BCUT2D eigenvalue weighted by Crippen LogP contribution is 2.30. The molecule has 20 heavy (non-hydrogen) atoms. The first-order valence-electron chi connectivity index (χ1n) is 6.47. The highest BCUT2D eigenvalue weighted by molar-refractivity contribution is 8.00. The number of amides is 2. The molecule has 0 bridgehead atoms. The van der Waals surface area contributed by atoms with Gasteiger partial charge in [0.25, 0.3) is 0 Å². The standard InChI is InChI=1S/C12H18N2O5S/c15-9(5-14-8-20-6-10(14)16)13-7-12(11(17)18)1-3-19-4-2-12/h1-8H2,(H,13,15)(H,17,18). The van der Waals surface area contributed by atoms with E-state index in [2.05, 4.69) is 5.32 Å². The van der Waals surface area contributed by atoms with Crippen LogP contribution >= 0.6 is 11.8 Å². The molecule has 0 aromatic carbocycles. The molecule has 8 heteroatoms. The first-order valence-corrected chi connectivity index (χ1v) is 7.62. The third-order valence-corrected chi connectivity index (χ3v) is 4.63. The first-order chi connectivity index (χ1) is 9.53. The maximum absolute atomic E-state index is 11.8. The van der Waals surface area contributed by atoms with Crippen molar-refractivity contribution in [2.75, 3.05) is 37.9 Å². The van der Waals surface area contributed by atoms with E-state index >= 15 is 0 Å². The minimum Gasteiger partial charge on any atom is -0.481 e. The number of aliphatic carboxylic acids is 1. The molecule has 2 saturated heterocycles. The number of carboxylic acid groups (broad SMARTS) is 1. The SMILES string of the molecule is O=C(CN1CSCC1=O)NCC1(C(=O)O)CCOCC1. The van der Waals surface area contributed by atoms with Crippen molar-refractivity contribution in [2.24, 2.45) is 5.41 Å². The predicted molar refractivity (Wildman–Crippen MR) is 72.2 cm³/mol. The quantitative estimate of drug-likeness (QED) is 0.712. The van der Waals surface area contributed by atoms with E-state index in [1.54, 1.807) is 0 Å². The lowest BCUT2D eigenvalue weighted by Gasteiger charge is -2.33. The monoisotopic (exact) mass is 302 g/mol. The van der Waals surface area contributed by atoms with Gasteiger partial charge in [-0.15, -0.1) is 11.8 Å². The zero-order valence-electron chi connectivity index (χ0n) is 11.1. The van der Waals surface area contributed by atoms with Gasteiger partial charge in [-0.25, -0.2) is 0 Å². The number of hydrogen-bond donors (Lipinski definition) is 2. The fourth-order valence-corrected chi connectivity index (χ4v) is 3.17. The van der Waals surface area contributed by atoms with Gasteiger partial charge >= 0.3 is 5.97 Å². The summed E-state index contributed by atoms with van der Waals surface area (Å²) in [5, 5.41) is 12.0. The summed E-state index contributed by atoms with van der Waals surface area (Å²) in [7, 11) is 0. The molecule has 2 rings (SSSR count). The number of thioether (sulfide) groups is 1. The molecule has 0 unspecified atom stereocenters. The molecule has 2 N–H and O–H groups in total. The van der Waals surface area contributed by atoms with Crippen molar-refractivity contribution in [2.45, 2.75) is 12.8 Å². The first kappa shape index (κ1) is 15.1. The minimum absolute atomic E-state index is 0.00195. The van der Waals surface area contributed by atoms with Crippen LogP contribution in [0.4, 0.5) is 0 Å². The van der Waals surface area contributed by atoms with Gasteiger partial charge in [-0.05, 0) is 12.8 Å². The fraction of sp³-hybridized carbons (Fsp3) is 0.750. The number of carboxylic acids is 1. The van der Waals surface area contributed by atoms with Crippen molar-refractivity contribution in [3.05, 3.63) is 0 Å². The van der Waals surface area contributed by atoms with Crippen LogP contribution in [-0.4, -0.2) is 65.7 Å². The Bertz CT molecular complexity index is 409. The van der Waals surface area contributed by atoms with Crippen molar-refractivity contribution in [3.63, 3.8) is 0 Å². The van der Waals surface area contributed by atoms with E-state index in [1.165, 1.54) is 16.7 Å². The van der Waals surface area contributed by atoms with Crippen LogP contribution in [0.5, 0.6) is 0 Å². The van der Waals surface area contributed by atoms with Gasteiger partial charge in [0.15, 0.2) is 0 Å². The normalized spacial score (nSPS) is 21.8. The lowest BCUT2D eigenvalue weighted by Crippen LogP contribution is -2.48. The van der Waals surface area contributed by atoms with Gasteiger partial charge in [0, 0.05) is 19.8 Å². The Kier molecular flexibility index (Phi) is 4.87. The Balaban J connectivity index is 1.84. The van der Waals surface area contributed by atoms with Crippen LogP contribution in [0.1, 0.15) is 12.8 Å². The molecule has 2 aliphatic heterocycles. The molecule has 0 aromatic heterocycles. The average molecular weight is 302 g/mol. The summed E-state index contributed by atoms with van der Waals surface area (Å²) in [5.41, 5.74) is -0.947. The highest BCUT2D eigenvalue weighted by Gasteiger charge is 2.40. The molecule has 112 valence electrons. The molecule has 0 atom stereocenters. The van der Waals surface area contributed by atoms with Gasteiger partial charge in [0.2, 0.25) is 11.8 Å². The summed E-state index contributed by atoms with van der Waals surface area (Å²) in [5.74, 6) is -0.348. The Hall–Kier alpha value is -1.28. The fourth-order valence-electron chi connectivity index (χ4n) is 2.27. The topological polar surface area (TPSA) is 95.9 Å². The van der Waals surface area contributed by atoms with E-state index < -0.39 is 11.4 Å². The molecule has 2 fully saturated rings. The minimum atomic E-state index is -0.947. The Morgan fingerprint density at radius 3 is 2.65 bits per heavy atom. The number of carbonyl (C=O) groups excluding carboxylic acids is 2. The van der Waals surface area contributed by atoms with Crippen LogP contribution in [0.25, 0.3) is 0 Å². The van der Waals surface area contributed by atoms with Crippen molar-refractivity contribution < 1.29 is 24.2 Å². The van der Waals surface area contributed by atoms with Gasteiger partial charge in [0.05, 0.1) is 17.0 Å². The van der Waals surface area contributed by atoms with Crippen molar-refractivity contribution in [1.82, 2.24) is 10.2 Å². The molecule has 7 nitrogen and oxygen atoms in total. The van der Waals surface area contributed by atoms with Crippen molar-refractivity contribution in [3.8, 4) is 0 Å². The van der Waals surface area contributed by atoms with Crippen LogP contribution < -0.4 is 5.32 Å². The lowest BCUT2D eigenvalue weighted by atomic mass is 9.80. The maximum Gasteiger partial charge on any atom is 0.311 e. The van der Waals surface area contributed by atoms with Crippen LogP contribution in [0.2, 0.25) is 0 Å². The van der Waals surface area contributed by atoms with Crippen molar-refractivity contribution in [1.29, 1.82) is 0 Å². The molecular weight excluding hydrogens is 284 g/mol. The van der Waals surface area contributed by atoms with Gasteiger partial charge in [-0.1, -0.05) is 0 Å². The van der Waals surface area contributed by atoms with E-state index in [-0.39, 0.29) is 24.9 Å². The van der Waals surface area contributed by atoms with E-state index in [0.717, 1.165) is 0 Å². The number of rotatable bonds is 5. The number of carbonyl (C=O) groups is 3. The molecule has 2 heterocycles. The maximum atomic E-state index is 11.8. The van der Waals surface area contributed by atoms with Gasteiger partial charge < -0.3 is 20.1 Å². The third-order valence-electron chi connectivity index (χ3n) is 3.69. The summed E-state index contributed by atoms with van der Waals surface area (Å²) in [4.78, 5) is 36.1.